The van der Waals surface area contributed by atoms with Gasteiger partial charge in [0.2, 0.25) is 0 Å². The smallest absolute Gasteiger partial charge is 0.00948 e. The number of rotatable bonds is 1. The van der Waals surface area contributed by atoms with Gasteiger partial charge in [0.25, 0.3) is 0 Å². The van der Waals surface area contributed by atoms with Crippen molar-refractivity contribution in [1.82, 2.24) is 5.32 Å². The molecule has 0 aliphatic heterocycles. The molecule has 1 heteroatoms. The molecule has 0 aromatic heterocycles. The highest BCUT2D eigenvalue weighted by Crippen LogP contribution is 2.32. The van der Waals surface area contributed by atoms with Gasteiger partial charge in [0.15, 0.2) is 0 Å². The van der Waals surface area contributed by atoms with Crippen LogP contribution in [0.1, 0.15) is 20.3 Å². The van der Waals surface area contributed by atoms with E-state index in [0.717, 1.165) is 17.9 Å². The Labute approximate surface area is 51.5 Å². The molecule has 0 bridgehead atoms. The molecule has 1 saturated carbocycles. The third-order valence-corrected chi connectivity index (χ3v) is 2.53. The first-order chi connectivity index (χ1) is 3.75. The van der Waals surface area contributed by atoms with Gasteiger partial charge in [0, 0.05) is 6.04 Å². The number of hydrogen-bond donors (Lipinski definition) is 1. The van der Waals surface area contributed by atoms with E-state index in [1.807, 2.05) is 7.05 Å². The van der Waals surface area contributed by atoms with Crippen LogP contribution in [0.5, 0.6) is 0 Å². The van der Waals surface area contributed by atoms with Crippen LogP contribution < -0.4 is 5.32 Å². The van der Waals surface area contributed by atoms with E-state index >= 15 is 0 Å². The maximum absolute atomic E-state index is 3.28. The molecule has 1 nitrogen and oxygen atoms in total. The normalized spacial score (nSPS) is 46.1. The summed E-state index contributed by atoms with van der Waals surface area (Å²) in [6.45, 7) is 4.63. The quantitative estimate of drug-likeness (QED) is 0.539. The second-order valence-corrected chi connectivity index (χ2v) is 2.97. The first-order valence-electron chi connectivity index (χ1n) is 3.43. The van der Waals surface area contributed by atoms with Crippen LogP contribution in [0.25, 0.3) is 0 Å². The van der Waals surface area contributed by atoms with Crippen molar-refractivity contribution in [2.24, 2.45) is 11.8 Å². The number of nitrogens with one attached hydrogen (secondary N) is 1. The lowest BCUT2D eigenvalue weighted by atomic mass is 9.72. The monoisotopic (exact) mass is 113 g/mol. The molecule has 1 fully saturated rings. The summed E-state index contributed by atoms with van der Waals surface area (Å²) in [4.78, 5) is 0. The van der Waals surface area contributed by atoms with Crippen molar-refractivity contribution >= 4 is 0 Å². The van der Waals surface area contributed by atoms with Crippen LogP contribution in [0, 0.1) is 11.8 Å². The molecule has 3 atom stereocenters. The Hall–Kier alpha value is -0.0400. The Morgan fingerprint density at radius 1 is 1.38 bits per heavy atom. The minimum Gasteiger partial charge on any atom is -0.317 e. The standard InChI is InChI=1S/C7H15N/c1-5-4-7(8-3)6(5)2/h5-8H,4H2,1-3H3. The molecular formula is C7H15N. The molecule has 1 aliphatic rings. The van der Waals surface area contributed by atoms with Gasteiger partial charge in [-0.2, -0.15) is 0 Å². The fourth-order valence-corrected chi connectivity index (χ4v) is 1.41. The van der Waals surface area contributed by atoms with Gasteiger partial charge in [0.05, 0.1) is 0 Å². The second-order valence-electron chi connectivity index (χ2n) is 2.97. The average Bonchev–Trinajstić information content (AvgIpc) is 1.81. The van der Waals surface area contributed by atoms with Crippen molar-refractivity contribution in [1.29, 1.82) is 0 Å². The fourth-order valence-electron chi connectivity index (χ4n) is 1.41. The van der Waals surface area contributed by atoms with E-state index in [2.05, 4.69) is 19.2 Å². The molecule has 0 saturated heterocycles. The van der Waals surface area contributed by atoms with Crippen molar-refractivity contribution in [3.05, 3.63) is 0 Å². The van der Waals surface area contributed by atoms with Gasteiger partial charge in [-0.25, -0.2) is 0 Å². The predicted octanol–water partition coefficient (Wildman–Crippen LogP) is 1.25. The van der Waals surface area contributed by atoms with E-state index in [0.29, 0.717) is 0 Å². The van der Waals surface area contributed by atoms with Gasteiger partial charge in [0.1, 0.15) is 0 Å². The highest BCUT2D eigenvalue weighted by Gasteiger charge is 2.32. The van der Waals surface area contributed by atoms with Crippen LogP contribution in [-0.2, 0) is 0 Å². The van der Waals surface area contributed by atoms with E-state index in [1.54, 1.807) is 0 Å². The molecule has 3 unspecified atom stereocenters. The summed E-state index contributed by atoms with van der Waals surface area (Å²) >= 11 is 0. The molecule has 1 N–H and O–H groups in total. The van der Waals surface area contributed by atoms with Crippen LogP contribution in [0.4, 0.5) is 0 Å². The summed E-state index contributed by atoms with van der Waals surface area (Å²) in [6.07, 6.45) is 1.37. The van der Waals surface area contributed by atoms with E-state index in [4.69, 9.17) is 0 Å². The zero-order valence-corrected chi connectivity index (χ0v) is 5.94. The lowest BCUT2D eigenvalue weighted by molar-refractivity contribution is 0.146. The van der Waals surface area contributed by atoms with Gasteiger partial charge < -0.3 is 5.32 Å². The van der Waals surface area contributed by atoms with Crippen LogP contribution in [-0.4, -0.2) is 13.1 Å². The van der Waals surface area contributed by atoms with Crippen LogP contribution in [0.3, 0.4) is 0 Å². The summed E-state index contributed by atoms with van der Waals surface area (Å²) in [5.74, 6) is 1.85. The maximum Gasteiger partial charge on any atom is 0.00948 e. The summed E-state index contributed by atoms with van der Waals surface area (Å²) in [5.41, 5.74) is 0. The summed E-state index contributed by atoms with van der Waals surface area (Å²) in [7, 11) is 2.05. The molecule has 0 amide bonds. The summed E-state index contributed by atoms with van der Waals surface area (Å²) in [5, 5.41) is 3.28. The first kappa shape index (κ1) is 6.09. The maximum atomic E-state index is 3.28. The van der Waals surface area contributed by atoms with Gasteiger partial charge in [-0.3, -0.25) is 0 Å². The minimum atomic E-state index is 0.810. The van der Waals surface area contributed by atoms with Crippen molar-refractivity contribution in [3.63, 3.8) is 0 Å². The van der Waals surface area contributed by atoms with E-state index in [9.17, 15) is 0 Å². The van der Waals surface area contributed by atoms with Gasteiger partial charge >= 0.3 is 0 Å². The zero-order chi connectivity index (χ0) is 6.15. The molecule has 8 heavy (non-hydrogen) atoms. The Bertz CT molecular complexity index is 80.5. The molecule has 0 radical (unpaired) electrons. The van der Waals surface area contributed by atoms with Crippen LogP contribution in [0.15, 0.2) is 0 Å². The first-order valence-corrected chi connectivity index (χ1v) is 3.43. The molecule has 0 spiro atoms. The molecular weight excluding hydrogens is 98.1 g/mol. The Morgan fingerprint density at radius 3 is 2.12 bits per heavy atom. The van der Waals surface area contributed by atoms with Crippen molar-refractivity contribution in [2.45, 2.75) is 26.3 Å². The van der Waals surface area contributed by atoms with Gasteiger partial charge in [-0.15, -0.1) is 0 Å². The second kappa shape index (κ2) is 2.06. The summed E-state index contributed by atoms with van der Waals surface area (Å²) < 4.78 is 0. The highest BCUT2D eigenvalue weighted by molar-refractivity contribution is 4.87. The topological polar surface area (TPSA) is 12.0 Å². The molecule has 48 valence electrons. The SMILES string of the molecule is CNC1CC(C)C1C. The van der Waals surface area contributed by atoms with Crippen molar-refractivity contribution < 1.29 is 0 Å². The molecule has 0 aromatic rings. The Kier molecular flexibility index (Phi) is 1.57. The van der Waals surface area contributed by atoms with E-state index < -0.39 is 0 Å². The fraction of sp³-hybridized carbons (Fsp3) is 1.00. The predicted molar refractivity (Wildman–Crippen MR) is 35.8 cm³/mol. The largest absolute Gasteiger partial charge is 0.317 e. The lowest BCUT2D eigenvalue weighted by Crippen LogP contribution is -2.46. The molecule has 1 rings (SSSR count). The highest BCUT2D eigenvalue weighted by atomic mass is 14.9. The molecule has 1 aliphatic carbocycles. The van der Waals surface area contributed by atoms with Crippen molar-refractivity contribution in [2.75, 3.05) is 7.05 Å². The van der Waals surface area contributed by atoms with Gasteiger partial charge in [-0.05, 0) is 25.3 Å². The van der Waals surface area contributed by atoms with Crippen LogP contribution in [0.2, 0.25) is 0 Å². The number of hydrogen-bond acceptors (Lipinski definition) is 1. The van der Waals surface area contributed by atoms with E-state index in [1.165, 1.54) is 6.42 Å². The van der Waals surface area contributed by atoms with E-state index in [-0.39, 0.29) is 0 Å². The van der Waals surface area contributed by atoms with Gasteiger partial charge in [-0.1, -0.05) is 13.8 Å². The third kappa shape index (κ3) is 0.752. The molecule has 0 aromatic carbocycles. The summed E-state index contributed by atoms with van der Waals surface area (Å²) in [6, 6.07) is 0.810. The van der Waals surface area contributed by atoms with Crippen LogP contribution >= 0.6 is 0 Å². The zero-order valence-electron chi connectivity index (χ0n) is 5.94. The lowest BCUT2D eigenvalue weighted by Gasteiger charge is -2.40. The Morgan fingerprint density at radius 2 is 2.00 bits per heavy atom. The minimum absolute atomic E-state index is 0.810. The Balaban J connectivity index is 2.25. The average molecular weight is 113 g/mol. The van der Waals surface area contributed by atoms with Crippen molar-refractivity contribution in [3.8, 4) is 0 Å². The third-order valence-electron chi connectivity index (χ3n) is 2.53. The molecule has 0 heterocycles.